The van der Waals surface area contributed by atoms with E-state index in [-0.39, 0.29) is 11.7 Å². The Morgan fingerprint density at radius 3 is 2.62 bits per heavy atom. The second kappa shape index (κ2) is 8.91. The van der Waals surface area contributed by atoms with Crippen molar-refractivity contribution in [2.24, 2.45) is 0 Å². The van der Waals surface area contributed by atoms with E-state index in [0.717, 1.165) is 18.6 Å². The van der Waals surface area contributed by atoms with Gasteiger partial charge in [0.2, 0.25) is 0 Å². The summed E-state index contributed by atoms with van der Waals surface area (Å²) < 4.78 is 23.5. The molecule has 0 aromatic heterocycles. The van der Waals surface area contributed by atoms with E-state index in [1.54, 1.807) is 14.0 Å². The van der Waals surface area contributed by atoms with E-state index in [4.69, 9.17) is 9.47 Å². The van der Waals surface area contributed by atoms with E-state index in [1.807, 2.05) is 24.3 Å². The highest BCUT2D eigenvalue weighted by atomic mass is 19.1. The molecule has 2 aromatic rings. The van der Waals surface area contributed by atoms with Crippen LogP contribution in [0.25, 0.3) is 0 Å². The van der Waals surface area contributed by atoms with Crippen LogP contribution in [-0.2, 0) is 11.2 Å². The summed E-state index contributed by atoms with van der Waals surface area (Å²) in [5.74, 6) is 0.773. The van der Waals surface area contributed by atoms with Gasteiger partial charge < -0.3 is 14.8 Å². The van der Waals surface area contributed by atoms with Crippen LogP contribution in [0.15, 0.2) is 48.5 Å². The zero-order valence-corrected chi connectivity index (χ0v) is 13.9. The minimum atomic E-state index is -0.632. The Kier molecular flexibility index (Phi) is 6.61. The average Bonchev–Trinajstić information content (AvgIpc) is 2.60. The maximum Gasteiger partial charge on any atom is 0.260 e. The van der Waals surface area contributed by atoms with Crippen LogP contribution >= 0.6 is 0 Å². The van der Waals surface area contributed by atoms with Crippen LogP contribution in [0.3, 0.4) is 0 Å². The molecule has 0 aliphatic rings. The Morgan fingerprint density at radius 1 is 1.17 bits per heavy atom. The van der Waals surface area contributed by atoms with Crippen LogP contribution in [0.5, 0.6) is 11.5 Å². The molecule has 0 saturated carbocycles. The molecule has 0 unspecified atom stereocenters. The van der Waals surface area contributed by atoms with E-state index in [9.17, 15) is 9.18 Å². The Balaban J connectivity index is 1.71. The van der Waals surface area contributed by atoms with E-state index in [0.29, 0.717) is 12.3 Å². The molecule has 0 aliphatic heterocycles. The third kappa shape index (κ3) is 5.57. The zero-order chi connectivity index (χ0) is 17.4. The number of hydrogen-bond acceptors (Lipinski definition) is 3. The number of methoxy groups -OCH3 is 1. The van der Waals surface area contributed by atoms with Crippen molar-refractivity contribution in [2.75, 3.05) is 13.7 Å². The van der Waals surface area contributed by atoms with E-state index in [1.165, 1.54) is 29.8 Å². The minimum Gasteiger partial charge on any atom is -0.497 e. The highest BCUT2D eigenvalue weighted by Crippen LogP contribution is 2.14. The number of hydrogen-bond donors (Lipinski definition) is 1. The Hall–Kier alpha value is -2.56. The molecule has 0 fully saturated rings. The zero-order valence-electron chi connectivity index (χ0n) is 13.9. The van der Waals surface area contributed by atoms with E-state index in [2.05, 4.69) is 5.32 Å². The molecule has 0 bridgehead atoms. The van der Waals surface area contributed by atoms with Gasteiger partial charge in [0, 0.05) is 6.54 Å². The van der Waals surface area contributed by atoms with Gasteiger partial charge in [-0.1, -0.05) is 12.1 Å². The van der Waals surface area contributed by atoms with Crippen LogP contribution in [-0.4, -0.2) is 25.7 Å². The standard InChI is InChI=1S/C19H22FNO3/c1-14(24-17-10-8-16(20)9-11-17)19(22)21-12-4-6-15-5-3-7-18(13-15)23-2/h3,5,7-11,13-14H,4,6,12H2,1-2H3,(H,21,22)/t14-/m0/s1. The van der Waals surface area contributed by atoms with Crippen LogP contribution in [0.4, 0.5) is 4.39 Å². The summed E-state index contributed by atoms with van der Waals surface area (Å²) in [6.07, 6.45) is 1.04. The van der Waals surface area contributed by atoms with Crippen molar-refractivity contribution in [1.29, 1.82) is 0 Å². The van der Waals surface area contributed by atoms with Gasteiger partial charge in [0.05, 0.1) is 7.11 Å². The number of rotatable bonds is 8. The fraction of sp³-hybridized carbons (Fsp3) is 0.316. The number of halogens is 1. The molecule has 1 atom stereocenters. The molecule has 24 heavy (non-hydrogen) atoms. The lowest BCUT2D eigenvalue weighted by Gasteiger charge is -2.14. The van der Waals surface area contributed by atoms with Crippen molar-refractivity contribution in [3.63, 3.8) is 0 Å². The van der Waals surface area contributed by atoms with Crippen LogP contribution in [0, 0.1) is 5.82 Å². The number of carbonyl (C=O) groups excluding carboxylic acids is 1. The van der Waals surface area contributed by atoms with Crippen molar-refractivity contribution in [2.45, 2.75) is 25.9 Å². The van der Waals surface area contributed by atoms with Gasteiger partial charge in [0.25, 0.3) is 5.91 Å². The van der Waals surface area contributed by atoms with Gasteiger partial charge in [-0.15, -0.1) is 0 Å². The highest BCUT2D eigenvalue weighted by Gasteiger charge is 2.13. The topological polar surface area (TPSA) is 47.6 Å². The summed E-state index contributed by atoms with van der Waals surface area (Å²) in [6.45, 7) is 2.23. The van der Waals surface area contributed by atoms with Gasteiger partial charge in [0.15, 0.2) is 6.10 Å². The molecule has 0 aliphatic carbocycles. The molecule has 0 radical (unpaired) electrons. The van der Waals surface area contributed by atoms with Gasteiger partial charge in [-0.05, 0) is 61.7 Å². The highest BCUT2D eigenvalue weighted by molar-refractivity contribution is 5.80. The molecule has 2 aromatic carbocycles. The molecule has 4 nitrogen and oxygen atoms in total. The van der Waals surface area contributed by atoms with Crippen LogP contribution in [0.2, 0.25) is 0 Å². The van der Waals surface area contributed by atoms with Crippen molar-refractivity contribution < 1.29 is 18.7 Å². The largest absolute Gasteiger partial charge is 0.497 e. The maximum absolute atomic E-state index is 12.8. The van der Waals surface area contributed by atoms with Gasteiger partial charge in [-0.25, -0.2) is 4.39 Å². The van der Waals surface area contributed by atoms with Gasteiger partial charge in [0.1, 0.15) is 17.3 Å². The second-order valence-corrected chi connectivity index (χ2v) is 5.46. The second-order valence-electron chi connectivity index (χ2n) is 5.46. The van der Waals surface area contributed by atoms with Gasteiger partial charge in [-0.2, -0.15) is 0 Å². The monoisotopic (exact) mass is 331 g/mol. The first kappa shape index (κ1) is 17.8. The van der Waals surface area contributed by atoms with Gasteiger partial charge >= 0.3 is 0 Å². The van der Waals surface area contributed by atoms with Crippen molar-refractivity contribution in [3.05, 3.63) is 59.9 Å². The molecular formula is C19H22FNO3. The predicted molar refractivity (Wildman–Crippen MR) is 90.8 cm³/mol. The van der Waals surface area contributed by atoms with Crippen LogP contribution < -0.4 is 14.8 Å². The lowest BCUT2D eigenvalue weighted by atomic mass is 10.1. The normalized spacial score (nSPS) is 11.6. The Morgan fingerprint density at radius 2 is 1.92 bits per heavy atom. The molecular weight excluding hydrogens is 309 g/mol. The number of ether oxygens (including phenoxy) is 2. The summed E-state index contributed by atoms with van der Waals surface area (Å²) in [7, 11) is 1.64. The third-order valence-corrected chi connectivity index (χ3v) is 3.57. The molecule has 1 amide bonds. The SMILES string of the molecule is COc1cccc(CCCNC(=O)[C@H](C)Oc2ccc(F)cc2)c1. The first-order valence-corrected chi connectivity index (χ1v) is 7.91. The molecule has 1 N–H and O–H groups in total. The summed E-state index contributed by atoms with van der Waals surface area (Å²) in [5, 5.41) is 2.84. The average molecular weight is 331 g/mol. The molecule has 0 heterocycles. The summed E-state index contributed by atoms with van der Waals surface area (Å²) in [4.78, 5) is 12.0. The molecule has 5 heteroatoms. The number of aryl methyl sites for hydroxylation is 1. The number of benzene rings is 2. The molecule has 2 rings (SSSR count). The predicted octanol–water partition coefficient (Wildman–Crippen LogP) is 3.35. The first-order chi connectivity index (χ1) is 11.6. The van der Waals surface area contributed by atoms with Crippen molar-refractivity contribution in [1.82, 2.24) is 5.32 Å². The van der Waals surface area contributed by atoms with E-state index < -0.39 is 6.10 Å². The van der Waals surface area contributed by atoms with Crippen molar-refractivity contribution >= 4 is 5.91 Å². The first-order valence-electron chi connectivity index (χ1n) is 7.91. The smallest absolute Gasteiger partial charge is 0.260 e. The summed E-state index contributed by atoms with van der Waals surface area (Å²) >= 11 is 0. The minimum absolute atomic E-state index is 0.190. The summed E-state index contributed by atoms with van der Waals surface area (Å²) in [5.41, 5.74) is 1.17. The van der Waals surface area contributed by atoms with Crippen LogP contribution in [0.1, 0.15) is 18.9 Å². The summed E-state index contributed by atoms with van der Waals surface area (Å²) in [6, 6.07) is 13.5. The Labute approximate surface area is 141 Å². The fourth-order valence-corrected chi connectivity index (χ4v) is 2.25. The lowest BCUT2D eigenvalue weighted by molar-refractivity contribution is -0.127. The third-order valence-electron chi connectivity index (χ3n) is 3.57. The quantitative estimate of drug-likeness (QED) is 0.755. The van der Waals surface area contributed by atoms with Gasteiger partial charge in [-0.3, -0.25) is 4.79 Å². The number of amides is 1. The number of nitrogens with one attached hydrogen (secondary N) is 1. The van der Waals surface area contributed by atoms with E-state index >= 15 is 0 Å². The molecule has 128 valence electrons. The molecule has 0 saturated heterocycles. The maximum atomic E-state index is 12.8. The lowest BCUT2D eigenvalue weighted by Crippen LogP contribution is -2.36. The van der Waals surface area contributed by atoms with Crippen molar-refractivity contribution in [3.8, 4) is 11.5 Å². The fourth-order valence-electron chi connectivity index (χ4n) is 2.25. The number of carbonyl (C=O) groups is 1. The molecule has 0 spiro atoms. The Bertz CT molecular complexity index is 658.